The first-order valence-corrected chi connectivity index (χ1v) is 9.50. The Balaban J connectivity index is 1.59. The third-order valence-electron chi connectivity index (χ3n) is 4.28. The van der Waals surface area contributed by atoms with E-state index in [1.54, 1.807) is 0 Å². The number of amides is 1. The number of hydrogen-bond acceptors (Lipinski definition) is 5. The number of alkyl halides is 3. The van der Waals surface area contributed by atoms with Crippen molar-refractivity contribution in [1.82, 2.24) is 9.55 Å². The summed E-state index contributed by atoms with van der Waals surface area (Å²) in [5.41, 5.74) is 1.13. The van der Waals surface area contributed by atoms with Gasteiger partial charge in [0.2, 0.25) is 5.91 Å². The zero-order chi connectivity index (χ0) is 21.2. The summed E-state index contributed by atoms with van der Waals surface area (Å²) in [5, 5.41) is 3.21. The van der Waals surface area contributed by atoms with Crippen molar-refractivity contribution >= 4 is 33.1 Å². The Morgan fingerprint density at radius 2 is 1.93 bits per heavy atom. The van der Waals surface area contributed by atoms with Crippen LogP contribution in [0.2, 0.25) is 0 Å². The summed E-state index contributed by atoms with van der Waals surface area (Å²) in [4.78, 5) is 30.8. The highest BCUT2D eigenvalue weighted by Crippen LogP contribution is 2.25. The molecule has 0 aliphatic heterocycles. The number of fused-ring (bicyclic) bond motifs is 1. The molecule has 1 aromatic carbocycles. The normalized spacial score (nSPS) is 11.6. The number of nitrogens with one attached hydrogen (secondary N) is 1. The Bertz CT molecular complexity index is 1090. The van der Waals surface area contributed by atoms with Crippen LogP contribution >= 0.6 is 11.3 Å². The molecule has 3 rings (SSSR count). The molecule has 0 saturated carbocycles. The summed E-state index contributed by atoms with van der Waals surface area (Å²) in [6.45, 7) is 2.58. The Hall–Kier alpha value is -2.88. The van der Waals surface area contributed by atoms with Crippen LogP contribution in [0.3, 0.4) is 0 Å². The van der Waals surface area contributed by atoms with E-state index < -0.39 is 12.8 Å². The first kappa shape index (κ1) is 20.8. The molecule has 0 aliphatic rings. The molecule has 0 atom stereocenters. The molecule has 1 amide bonds. The van der Waals surface area contributed by atoms with Crippen LogP contribution in [0.4, 0.5) is 18.9 Å². The van der Waals surface area contributed by atoms with Gasteiger partial charge in [0, 0.05) is 23.5 Å². The fraction of sp³-hybridized carbons (Fsp3) is 0.316. The molecule has 29 heavy (non-hydrogen) atoms. The van der Waals surface area contributed by atoms with Crippen molar-refractivity contribution in [2.24, 2.45) is 0 Å². The molecule has 0 spiro atoms. The highest BCUT2D eigenvalue weighted by Gasteiger charge is 2.28. The van der Waals surface area contributed by atoms with Gasteiger partial charge in [-0.1, -0.05) is 0 Å². The van der Waals surface area contributed by atoms with Crippen LogP contribution in [0, 0.1) is 13.8 Å². The quantitative estimate of drug-likeness (QED) is 0.647. The van der Waals surface area contributed by atoms with Crippen LogP contribution in [0.1, 0.15) is 16.9 Å². The second kappa shape index (κ2) is 8.24. The highest BCUT2D eigenvalue weighted by atomic mass is 32.1. The molecular formula is C19H18F3N3O3S. The third kappa shape index (κ3) is 5.14. The van der Waals surface area contributed by atoms with Gasteiger partial charge in [0.25, 0.3) is 5.56 Å². The number of carbonyl (C=O) groups excluding carboxylic acids is 1. The van der Waals surface area contributed by atoms with Crippen molar-refractivity contribution in [2.75, 3.05) is 11.9 Å². The van der Waals surface area contributed by atoms with E-state index >= 15 is 0 Å². The van der Waals surface area contributed by atoms with Crippen molar-refractivity contribution in [2.45, 2.75) is 33.0 Å². The van der Waals surface area contributed by atoms with Crippen molar-refractivity contribution in [3.8, 4) is 5.75 Å². The maximum atomic E-state index is 12.6. The van der Waals surface area contributed by atoms with Crippen molar-refractivity contribution in [1.29, 1.82) is 0 Å². The van der Waals surface area contributed by atoms with E-state index in [9.17, 15) is 22.8 Å². The first-order chi connectivity index (χ1) is 13.6. The van der Waals surface area contributed by atoms with Gasteiger partial charge in [-0.25, -0.2) is 4.98 Å². The smallest absolute Gasteiger partial charge is 0.422 e. The fourth-order valence-electron chi connectivity index (χ4n) is 2.67. The molecular weight excluding hydrogens is 407 g/mol. The molecule has 0 fully saturated rings. The molecule has 2 heterocycles. The van der Waals surface area contributed by atoms with Crippen LogP contribution in [-0.2, 0) is 11.3 Å². The van der Waals surface area contributed by atoms with Crippen molar-refractivity contribution in [3.05, 3.63) is 51.4 Å². The van der Waals surface area contributed by atoms with E-state index in [0.717, 1.165) is 10.4 Å². The largest absolute Gasteiger partial charge is 0.484 e. The standard InChI is InChI=1S/C19H18F3N3O3S/c1-11-12(2)29-17-16(11)18(27)25(10-23-17)8-7-15(26)24-13-3-5-14(6-4-13)28-9-19(20,21)22/h3-6,10H,7-9H2,1-2H3,(H,24,26). The zero-order valence-corrected chi connectivity index (χ0v) is 16.5. The molecule has 154 valence electrons. The molecule has 1 N–H and O–H groups in total. The van der Waals surface area contributed by atoms with Gasteiger partial charge in [0.05, 0.1) is 11.7 Å². The van der Waals surface area contributed by atoms with E-state index in [-0.39, 0.29) is 30.2 Å². The number of halogens is 3. The molecule has 10 heteroatoms. The maximum absolute atomic E-state index is 12.6. The number of aryl methyl sites for hydroxylation is 3. The van der Waals surface area contributed by atoms with E-state index in [2.05, 4.69) is 15.0 Å². The van der Waals surface area contributed by atoms with Gasteiger partial charge >= 0.3 is 6.18 Å². The summed E-state index contributed by atoms with van der Waals surface area (Å²) < 4.78 is 42.4. The number of nitrogens with zero attached hydrogens (tertiary/aromatic N) is 2. The lowest BCUT2D eigenvalue weighted by molar-refractivity contribution is -0.153. The van der Waals surface area contributed by atoms with Gasteiger partial charge in [0.1, 0.15) is 10.6 Å². The van der Waals surface area contributed by atoms with Gasteiger partial charge in [-0.3, -0.25) is 14.2 Å². The highest BCUT2D eigenvalue weighted by molar-refractivity contribution is 7.18. The van der Waals surface area contributed by atoms with Crippen LogP contribution in [0.25, 0.3) is 10.2 Å². The second-order valence-electron chi connectivity index (χ2n) is 6.43. The minimum Gasteiger partial charge on any atom is -0.484 e. The minimum atomic E-state index is -4.41. The SMILES string of the molecule is Cc1sc2ncn(CCC(=O)Nc3ccc(OCC(F)(F)F)cc3)c(=O)c2c1C. The zero-order valence-electron chi connectivity index (χ0n) is 15.7. The predicted molar refractivity (Wildman–Crippen MR) is 105 cm³/mol. The van der Waals surface area contributed by atoms with Crippen LogP contribution < -0.4 is 15.6 Å². The number of aromatic nitrogens is 2. The molecule has 0 bridgehead atoms. The summed E-state index contributed by atoms with van der Waals surface area (Å²) in [6, 6.07) is 5.57. The average molecular weight is 425 g/mol. The molecule has 2 aromatic heterocycles. The Labute approximate surface area is 167 Å². The van der Waals surface area contributed by atoms with Crippen LogP contribution in [0.15, 0.2) is 35.4 Å². The summed E-state index contributed by atoms with van der Waals surface area (Å²) in [5.74, 6) is -0.285. The molecule has 0 saturated heterocycles. The fourth-order valence-corrected chi connectivity index (χ4v) is 3.66. The lowest BCUT2D eigenvalue weighted by atomic mass is 10.2. The van der Waals surface area contributed by atoms with E-state index in [0.29, 0.717) is 15.9 Å². The molecule has 6 nitrogen and oxygen atoms in total. The van der Waals surface area contributed by atoms with Crippen molar-refractivity contribution in [3.63, 3.8) is 0 Å². The summed E-state index contributed by atoms with van der Waals surface area (Å²) >= 11 is 1.46. The average Bonchev–Trinajstić information content (AvgIpc) is 2.95. The Kier molecular flexibility index (Phi) is 5.92. The lowest BCUT2D eigenvalue weighted by Gasteiger charge is -2.10. The van der Waals surface area contributed by atoms with Gasteiger partial charge in [-0.05, 0) is 43.7 Å². The minimum absolute atomic E-state index is 0.0432. The van der Waals surface area contributed by atoms with E-state index in [1.165, 1.54) is 46.5 Å². The molecule has 0 aliphatic carbocycles. The molecule has 0 radical (unpaired) electrons. The Morgan fingerprint density at radius 3 is 2.59 bits per heavy atom. The van der Waals surface area contributed by atoms with Gasteiger partial charge in [-0.15, -0.1) is 11.3 Å². The van der Waals surface area contributed by atoms with Gasteiger partial charge in [-0.2, -0.15) is 13.2 Å². The maximum Gasteiger partial charge on any atom is 0.422 e. The van der Waals surface area contributed by atoms with Crippen molar-refractivity contribution < 1.29 is 22.7 Å². The van der Waals surface area contributed by atoms with Gasteiger partial charge < -0.3 is 10.1 Å². The second-order valence-corrected chi connectivity index (χ2v) is 7.64. The van der Waals surface area contributed by atoms with Crippen LogP contribution in [-0.4, -0.2) is 28.2 Å². The first-order valence-electron chi connectivity index (χ1n) is 8.68. The van der Waals surface area contributed by atoms with E-state index in [1.807, 2.05) is 13.8 Å². The number of ether oxygens (including phenoxy) is 1. The predicted octanol–water partition coefficient (Wildman–Crippen LogP) is 4.04. The summed E-state index contributed by atoms with van der Waals surface area (Å²) in [6.07, 6.45) is -2.94. The molecule has 3 aromatic rings. The number of hydrogen-bond donors (Lipinski definition) is 1. The molecule has 0 unspecified atom stereocenters. The number of carbonyl (C=O) groups is 1. The monoisotopic (exact) mass is 425 g/mol. The summed E-state index contributed by atoms with van der Waals surface area (Å²) in [7, 11) is 0. The van der Waals surface area contributed by atoms with Crippen LogP contribution in [0.5, 0.6) is 5.75 Å². The number of benzene rings is 1. The number of anilines is 1. The number of rotatable bonds is 6. The van der Waals surface area contributed by atoms with E-state index in [4.69, 9.17) is 0 Å². The van der Waals surface area contributed by atoms with Gasteiger partial charge in [0.15, 0.2) is 6.61 Å². The Morgan fingerprint density at radius 1 is 1.24 bits per heavy atom. The topological polar surface area (TPSA) is 73.2 Å². The third-order valence-corrected chi connectivity index (χ3v) is 5.39. The number of thiophene rings is 1. The lowest BCUT2D eigenvalue weighted by Crippen LogP contribution is -2.23.